The van der Waals surface area contributed by atoms with Gasteiger partial charge < -0.3 is 11.5 Å². The van der Waals surface area contributed by atoms with E-state index in [2.05, 4.69) is 72.8 Å². The van der Waals surface area contributed by atoms with Crippen LogP contribution in [0.2, 0.25) is 0 Å². The van der Waals surface area contributed by atoms with Gasteiger partial charge in [0.1, 0.15) is 0 Å². The molecule has 0 spiro atoms. The maximum absolute atomic E-state index is 6.93. The van der Waals surface area contributed by atoms with Crippen LogP contribution in [0.25, 0.3) is 0 Å². The second-order valence-corrected chi connectivity index (χ2v) is 6.85. The Kier molecular flexibility index (Phi) is 5.64. The zero-order valence-electron chi connectivity index (χ0n) is 14.5. The molecule has 4 N–H and O–H groups in total. The second kappa shape index (κ2) is 8.11. The summed E-state index contributed by atoms with van der Waals surface area (Å²) in [5.74, 6) is 0. The van der Waals surface area contributed by atoms with E-state index in [0.29, 0.717) is 0 Å². The van der Waals surface area contributed by atoms with Gasteiger partial charge in [-0.2, -0.15) is 0 Å². The van der Waals surface area contributed by atoms with Crippen molar-refractivity contribution < 1.29 is 0 Å². The van der Waals surface area contributed by atoms with Gasteiger partial charge in [0.05, 0.1) is 0 Å². The van der Waals surface area contributed by atoms with Gasteiger partial charge in [-0.1, -0.05) is 91.0 Å². The lowest BCUT2D eigenvalue weighted by atomic mass is 9.77. The molecule has 0 aliphatic heterocycles. The van der Waals surface area contributed by atoms with Crippen molar-refractivity contribution >= 4 is 0 Å². The molecular formula is C23H26N2. The molecule has 0 aliphatic rings. The Balaban J connectivity index is 1.84. The van der Waals surface area contributed by atoms with Crippen molar-refractivity contribution in [3.05, 3.63) is 108 Å². The van der Waals surface area contributed by atoms with Crippen LogP contribution in [-0.4, -0.2) is 11.6 Å². The summed E-state index contributed by atoms with van der Waals surface area (Å²) < 4.78 is 0. The molecule has 2 heteroatoms. The van der Waals surface area contributed by atoms with E-state index in [1.165, 1.54) is 16.7 Å². The van der Waals surface area contributed by atoms with Crippen LogP contribution in [0.4, 0.5) is 0 Å². The Morgan fingerprint density at radius 3 is 1.36 bits per heavy atom. The van der Waals surface area contributed by atoms with Crippen molar-refractivity contribution in [2.75, 3.05) is 0 Å². The average Bonchev–Trinajstić information content (AvgIpc) is 2.64. The molecule has 0 amide bonds. The first kappa shape index (κ1) is 17.4. The summed E-state index contributed by atoms with van der Waals surface area (Å²) in [4.78, 5) is 0. The lowest BCUT2D eigenvalue weighted by molar-refractivity contribution is 0.334. The van der Waals surface area contributed by atoms with Gasteiger partial charge >= 0.3 is 0 Å². The summed E-state index contributed by atoms with van der Waals surface area (Å²) in [6.45, 7) is 0. The highest BCUT2D eigenvalue weighted by Crippen LogP contribution is 2.22. The molecule has 0 saturated heterocycles. The molecule has 2 nitrogen and oxygen atoms in total. The van der Waals surface area contributed by atoms with Crippen molar-refractivity contribution in [1.29, 1.82) is 0 Å². The summed E-state index contributed by atoms with van der Waals surface area (Å²) in [7, 11) is 0. The molecule has 0 saturated carbocycles. The van der Waals surface area contributed by atoms with E-state index in [1.807, 2.05) is 18.2 Å². The van der Waals surface area contributed by atoms with Crippen molar-refractivity contribution in [3.63, 3.8) is 0 Å². The van der Waals surface area contributed by atoms with E-state index in [1.54, 1.807) is 0 Å². The van der Waals surface area contributed by atoms with Gasteiger partial charge in [0, 0.05) is 11.6 Å². The van der Waals surface area contributed by atoms with Crippen LogP contribution in [0.3, 0.4) is 0 Å². The fourth-order valence-electron chi connectivity index (χ4n) is 3.35. The normalized spacial score (nSPS) is 12.7. The fraction of sp³-hybridized carbons (Fsp3) is 0.217. The molecule has 0 bridgehead atoms. The summed E-state index contributed by atoms with van der Waals surface area (Å²) in [5, 5.41) is 0. The van der Waals surface area contributed by atoms with Crippen LogP contribution in [-0.2, 0) is 19.3 Å². The molecular weight excluding hydrogens is 304 g/mol. The molecule has 0 heterocycles. The first-order valence-corrected chi connectivity index (χ1v) is 8.82. The van der Waals surface area contributed by atoms with Gasteiger partial charge in [-0.25, -0.2) is 0 Å². The molecule has 0 radical (unpaired) electrons. The number of nitrogens with two attached hydrogens (primary N) is 2. The highest BCUT2D eigenvalue weighted by atomic mass is 14.9. The minimum atomic E-state index is -0.501. The molecule has 25 heavy (non-hydrogen) atoms. The Morgan fingerprint density at radius 2 is 0.960 bits per heavy atom. The van der Waals surface area contributed by atoms with E-state index < -0.39 is 5.54 Å². The summed E-state index contributed by atoms with van der Waals surface area (Å²) in [6.07, 6.45) is 2.30. The first-order chi connectivity index (χ1) is 12.2. The predicted molar refractivity (Wildman–Crippen MR) is 105 cm³/mol. The van der Waals surface area contributed by atoms with E-state index in [9.17, 15) is 0 Å². The monoisotopic (exact) mass is 330 g/mol. The van der Waals surface area contributed by atoms with Gasteiger partial charge in [-0.15, -0.1) is 0 Å². The van der Waals surface area contributed by atoms with Crippen molar-refractivity contribution in [2.45, 2.75) is 30.8 Å². The van der Waals surface area contributed by atoms with Crippen molar-refractivity contribution in [3.8, 4) is 0 Å². The van der Waals surface area contributed by atoms with Crippen LogP contribution in [0, 0.1) is 0 Å². The van der Waals surface area contributed by atoms with Crippen molar-refractivity contribution in [2.24, 2.45) is 11.5 Å². The van der Waals surface area contributed by atoms with Gasteiger partial charge in [0.2, 0.25) is 0 Å². The number of benzene rings is 3. The molecule has 1 unspecified atom stereocenters. The minimum absolute atomic E-state index is 0.129. The lowest BCUT2D eigenvalue weighted by Gasteiger charge is -2.36. The van der Waals surface area contributed by atoms with Gasteiger partial charge in [0.15, 0.2) is 0 Å². The highest BCUT2D eigenvalue weighted by Gasteiger charge is 2.33. The smallest absolute Gasteiger partial charge is 0.0392 e. The number of rotatable bonds is 7. The average molecular weight is 330 g/mol. The Hall–Kier alpha value is -2.42. The molecule has 3 aromatic rings. The van der Waals surface area contributed by atoms with Crippen LogP contribution < -0.4 is 11.5 Å². The molecule has 0 fully saturated rings. The van der Waals surface area contributed by atoms with Crippen LogP contribution in [0.1, 0.15) is 16.7 Å². The Labute approximate surface area is 150 Å². The summed E-state index contributed by atoms with van der Waals surface area (Å²) in [6, 6.07) is 31.0. The summed E-state index contributed by atoms with van der Waals surface area (Å²) in [5.41, 5.74) is 16.8. The predicted octanol–water partition coefficient (Wildman–Crippen LogP) is 3.74. The Bertz CT molecular complexity index is 712. The van der Waals surface area contributed by atoms with Crippen molar-refractivity contribution in [1.82, 2.24) is 0 Å². The fourth-order valence-corrected chi connectivity index (χ4v) is 3.35. The van der Waals surface area contributed by atoms with Gasteiger partial charge in [0.25, 0.3) is 0 Å². The molecule has 128 valence electrons. The van der Waals surface area contributed by atoms with E-state index >= 15 is 0 Å². The lowest BCUT2D eigenvalue weighted by Crippen LogP contribution is -2.59. The first-order valence-electron chi connectivity index (χ1n) is 8.82. The third kappa shape index (κ3) is 4.79. The maximum Gasteiger partial charge on any atom is 0.0392 e. The van der Waals surface area contributed by atoms with Gasteiger partial charge in [-0.3, -0.25) is 0 Å². The third-order valence-corrected chi connectivity index (χ3v) is 4.79. The van der Waals surface area contributed by atoms with E-state index in [4.69, 9.17) is 11.5 Å². The van der Waals surface area contributed by atoms with E-state index in [-0.39, 0.29) is 6.04 Å². The third-order valence-electron chi connectivity index (χ3n) is 4.79. The highest BCUT2D eigenvalue weighted by molar-refractivity contribution is 5.26. The second-order valence-electron chi connectivity index (χ2n) is 6.85. The standard InChI is InChI=1S/C23H26N2/c24-22(16-19-10-4-1-5-11-19)23(25,17-20-12-6-2-7-13-20)18-21-14-8-3-9-15-21/h1-15,22H,16-18,24-25H2. The van der Waals surface area contributed by atoms with Crippen LogP contribution >= 0.6 is 0 Å². The topological polar surface area (TPSA) is 52.0 Å². The quantitative estimate of drug-likeness (QED) is 0.693. The Morgan fingerprint density at radius 1 is 0.600 bits per heavy atom. The molecule has 0 aromatic heterocycles. The van der Waals surface area contributed by atoms with E-state index in [0.717, 1.165) is 19.3 Å². The van der Waals surface area contributed by atoms with Crippen LogP contribution in [0.5, 0.6) is 0 Å². The number of hydrogen-bond donors (Lipinski definition) is 2. The molecule has 3 rings (SSSR count). The number of hydrogen-bond acceptors (Lipinski definition) is 2. The molecule has 3 aromatic carbocycles. The molecule has 1 atom stereocenters. The van der Waals surface area contributed by atoms with Gasteiger partial charge in [-0.05, 0) is 36.0 Å². The minimum Gasteiger partial charge on any atom is -0.326 e. The molecule has 0 aliphatic carbocycles. The SMILES string of the molecule is NC(Cc1ccccc1)C(N)(Cc1ccccc1)Cc1ccccc1. The zero-order valence-corrected chi connectivity index (χ0v) is 14.5. The zero-order chi connectivity index (χ0) is 17.5. The largest absolute Gasteiger partial charge is 0.326 e. The summed E-state index contributed by atoms with van der Waals surface area (Å²) >= 11 is 0. The van der Waals surface area contributed by atoms with Crippen LogP contribution in [0.15, 0.2) is 91.0 Å². The maximum atomic E-state index is 6.93.